The molecule has 0 saturated heterocycles. The van der Waals surface area contributed by atoms with Crippen molar-refractivity contribution in [3.8, 4) is 6.07 Å². The van der Waals surface area contributed by atoms with E-state index in [2.05, 4.69) is 27.3 Å². The zero-order chi connectivity index (χ0) is 11.1. The van der Waals surface area contributed by atoms with Gasteiger partial charge in [-0.3, -0.25) is 0 Å². The Bertz CT molecular complexity index is 360. The van der Waals surface area contributed by atoms with E-state index >= 15 is 0 Å². The van der Waals surface area contributed by atoms with Gasteiger partial charge in [-0.1, -0.05) is 15.9 Å². The van der Waals surface area contributed by atoms with Gasteiger partial charge in [0.15, 0.2) is 0 Å². The van der Waals surface area contributed by atoms with Crippen LogP contribution < -0.4 is 5.32 Å². The average Bonchev–Trinajstić information content (AvgIpc) is 2.25. The first-order valence-corrected chi connectivity index (χ1v) is 5.58. The van der Waals surface area contributed by atoms with E-state index in [-0.39, 0.29) is 0 Å². The smallest absolute Gasteiger partial charge is 0.101 e. The van der Waals surface area contributed by atoms with Crippen molar-refractivity contribution in [1.82, 2.24) is 0 Å². The van der Waals surface area contributed by atoms with Gasteiger partial charge in [0.2, 0.25) is 0 Å². The fraction of sp³-hybridized carbons (Fsp3) is 0.364. The first-order chi connectivity index (χ1) is 7.27. The molecule has 80 valence electrons. The Morgan fingerprint density at radius 2 is 2.33 bits per heavy atom. The quantitative estimate of drug-likeness (QED) is 0.836. The lowest BCUT2D eigenvalue weighted by Crippen LogP contribution is -2.10. The highest BCUT2D eigenvalue weighted by Crippen LogP contribution is 2.20. The highest BCUT2D eigenvalue weighted by atomic mass is 79.9. The van der Waals surface area contributed by atoms with Crippen molar-refractivity contribution in [2.45, 2.75) is 6.92 Å². The molecule has 1 N–H and O–H groups in total. The van der Waals surface area contributed by atoms with Crippen LogP contribution in [0.25, 0.3) is 0 Å². The molecule has 0 aliphatic carbocycles. The predicted molar refractivity (Wildman–Crippen MR) is 63.8 cm³/mol. The molecule has 0 heterocycles. The molecule has 4 heteroatoms. The molecule has 0 bridgehead atoms. The molecule has 0 fully saturated rings. The molecule has 0 aliphatic heterocycles. The molecule has 1 rings (SSSR count). The minimum atomic E-state index is 0.647. The summed E-state index contributed by atoms with van der Waals surface area (Å²) in [5.74, 6) is 0. The van der Waals surface area contributed by atoms with Gasteiger partial charge >= 0.3 is 0 Å². The van der Waals surface area contributed by atoms with Gasteiger partial charge in [0.1, 0.15) is 6.07 Å². The molecule has 0 aliphatic rings. The van der Waals surface area contributed by atoms with Gasteiger partial charge in [-0.05, 0) is 25.1 Å². The van der Waals surface area contributed by atoms with Gasteiger partial charge in [0.25, 0.3) is 0 Å². The van der Waals surface area contributed by atoms with Crippen LogP contribution in [0.5, 0.6) is 0 Å². The second kappa shape index (κ2) is 6.44. The van der Waals surface area contributed by atoms with Crippen molar-refractivity contribution in [2.75, 3.05) is 25.1 Å². The van der Waals surface area contributed by atoms with Crippen LogP contribution >= 0.6 is 15.9 Å². The Morgan fingerprint density at radius 3 is 3.00 bits per heavy atom. The third-order valence-corrected chi connectivity index (χ3v) is 2.36. The van der Waals surface area contributed by atoms with Crippen LogP contribution in [0.2, 0.25) is 0 Å². The van der Waals surface area contributed by atoms with Crippen LogP contribution in [-0.2, 0) is 4.74 Å². The van der Waals surface area contributed by atoms with E-state index in [0.29, 0.717) is 25.3 Å². The second-order valence-electron chi connectivity index (χ2n) is 2.93. The summed E-state index contributed by atoms with van der Waals surface area (Å²) in [7, 11) is 0. The van der Waals surface area contributed by atoms with Crippen LogP contribution in [0.15, 0.2) is 22.7 Å². The SMILES string of the molecule is CCOCCNc1cc(Br)ccc1C#N. The number of nitrogens with one attached hydrogen (secondary N) is 1. The lowest BCUT2D eigenvalue weighted by Gasteiger charge is -2.08. The predicted octanol–water partition coefficient (Wildman–Crippen LogP) is 2.77. The van der Waals surface area contributed by atoms with Crippen LogP contribution in [0, 0.1) is 11.3 Å². The summed E-state index contributed by atoms with van der Waals surface area (Å²) in [6.45, 7) is 4.03. The van der Waals surface area contributed by atoms with E-state index < -0.39 is 0 Å². The van der Waals surface area contributed by atoms with Crippen LogP contribution in [0.3, 0.4) is 0 Å². The van der Waals surface area contributed by atoms with Crippen LogP contribution in [0.1, 0.15) is 12.5 Å². The molecule has 0 saturated carbocycles. The minimum absolute atomic E-state index is 0.647. The third-order valence-electron chi connectivity index (χ3n) is 1.87. The maximum atomic E-state index is 8.88. The van der Waals surface area contributed by atoms with Crippen LogP contribution in [0.4, 0.5) is 5.69 Å². The highest BCUT2D eigenvalue weighted by molar-refractivity contribution is 9.10. The van der Waals surface area contributed by atoms with E-state index in [9.17, 15) is 0 Å². The van der Waals surface area contributed by atoms with Crippen molar-refractivity contribution >= 4 is 21.6 Å². The Balaban J connectivity index is 2.59. The number of nitrogens with zero attached hydrogens (tertiary/aromatic N) is 1. The standard InChI is InChI=1S/C11H13BrN2O/c1-2-15-6-5-14-11-7-10(12)4-3-9(11)8-13/h3-4,7,14H,2,5-6H2,1H3. The Hall–Kier alpha value is -1.05. The average molecular weight is 269 g/mol. The maximum Gasteiger partial charge on any atom is 0.101 e. The van der Waals surface area contributed by atoms with Crippen molar-refractivity contribution in [3.63, 3.8) is 0 Å². The van der Waals surface area contributed by atoms with Gasteiger partial charge in [0, 0.05) is 17.6 Å². The topological polar surface area (TPSA) is 45.0 Å². The van der Waals surface area contributed by atoms with Crippen LogP contribution in [-0.4, -0.2) is 19.8 Å². The number of hydrogen-bond acceptors (Lipinski definition) is 3. The van der Waals surface area contributed by atoms with Crippen molar-refractivity contribution in [2.24, 2.45) is 0 Å². The lowest BCUT2D eigenvalue weighted by atomic mass is 10.2. The van der Waals surface area contributed by atoms with E-state index in [0.717, 1.165) is 10.2 Å². The first-order valence-electron chi connectivity index (χ1n) is 4.79. The van der Waals surface area contributed by atoms with Gasteiger partial charge in [0.05, 0.1) is 17.9 Å². The largest absolute Gasteiger partial charge is 0.382 e. The zero-order valence-electron chi connectivity index (χ0n) is 8.59. The summed E-state index contributed by atoms with van der Waals surface area (Å²) < 4.78 is 6.16. The minimum Gasteiger partial charge on any atom is -0.382 e. The number of benzene rings is 1. The molecule has 0 aromatic heterocycles. The molecule has 0 unspecified atom stereocenters. The number of hydrogen-bond donors (Lipinski definition) is 1. The molecular formula is C11H13BrN2O. The normalized spacial score (nSPS) is 9.67. The maximum absolute atomic E-state index is 8.88. The first kappa shape index (κ1) is 12.0. The summed E-state index contributed by atoms with van der Waals surface area (Å²) in [5.41, 5.74) is 1.49. The lowest BCUT2D eigenvalue weighted by molar-refractivity contribution is 0.158. The van der Waals surface area contributed by atoms with E-state index in [1.807, 2.05) is 19.1 Å². The number of nitriles is 1. The number of rotatable bonds is 5. The van der Waals surface area contributed by atoms with E-state index in [1.165, 1.54) is 0 Å². The van der Waals surface area contributed by atoms with E-state index in [4.69, 9.17) is 10.00 Å². The Labute approximate surface area is 98.2 Å². The molecule has 15 heavy (non-hydrogen) atoms. The summed E-state index contributed by atoms with van der Waals surface area (Å²) in [4.78, 5) is 0. The number of ether oxygens (including phenoxy) is 1. The number of anilines is 1. The van der Waals surface area contributed by atoms with Crippen molar-refractivity contribution < 1.29 is 4.74 Å². The summed E-state index contributed by atoms with van der Waals surface area (Å²) in [6.07, 6.45) is 0. The number of halogens is 1. The molecule has 3 nitrogen and oxygen atoms in total. The monoisotopic (exact) mass is 268 g/mol. The second-order valence-corrected chi connectivity index (χ2v) is 3.84. The zero-order valence-corrected chi connectivity index (χ0v) is 10.2. The molecule has 0 atom stereocenters. The van der Waals surface area contributed by atoms with E-state index in [1.54, 1.807) is 6.07 Å². The van der Waals surface area contributed by atoms with Gasteiger partial charge < -0.3 is 10.1 Å². The van der Waals surface area contributed by atoms with Gasteiger partial charge in [-0.2, -0.15) is 5.26 Å². The molecule has 0 spiro atoms. The summed E-state index contributed by atoms with van der Waals surface area (Å²) in [5, 5.41) is 12.0. The van der Waals surface area contributed by atoms with Crippen molar-refractivity contribution in [1.29, 1.82) is 5.26 Å². The summed E-state index contributed by atoms with van der Waals surface area (Å²) in [6, 6.07) is 7.67. The molecule has 0 amide bonds. The summed E-state index contributed by atoms with van der Waals surface area (Å²) >= 11 is 3.37. The Kier molecular flexibility index (Phi) is 5.16. The third kappa shape index (κ3) is 3.90. The molecule has 0 radical (unpaired) electrons. The molecular weight excluding hydrogens is 256 g/mol. The Morgan fingerprint density at radius 1 is 1.53 bits per heavy atom. The van der Waals surface area contributed by atoms with Crippen molar-refractivity contribution in [3.05, 3.63) is 28.2 Å². The molecule has 1 aromatic rings. The molecule has 1 aromatic carbocycles. The van der Waals surface area contributed by atoms with Gasteiger partial charge in [-0.15, -0.1) is 0 Å². The van der Waals surface area contributed by atoms with Gasteiger partial charge in [-0.25, -0.2) is 0 Å². The fourth-order valence-corrected chi connectivity index (χ4v) is 1.52. The fourth-order valence-electron chi connectivity index (χ4n) is 1.16. The highest BCUT2D eigenvalue weighted by Gasteiger charge is 2.01.